The summed E-state index contributed by atoms with van der Waals surface area (Å²) in [5, 5.41) is 20.1. The van der Waals surface area contributed by atoms with Gasteiger partial charge in [-0.2, -0.15) is 0 Å². The molecule has 3 heterocycles. The van der Waals surface area contributed by atoms with Gasteiger partial charge < -0.3 is 19.5 Å². The second-order valence-electron chi connectivity index (χ2n) is 10.2. The molecule has 35 heavy (non-hydrogen) atoms. The number of fused-ring (bicyclic) bond motifs is 1. The maximum atomic E-state index is 11.5. The van der Waals surface area contributed by atoms with Gasteiger partial charge in [0.1, 0.15) is 5.65 Å². The monoisotopic (exact) mass is 479 g/mol. The first kappa shape index (κ1) is 25.2. The highest BCUT2D eigenvalue weighted by molar-refractivity contribution is 5.93. The molecule has 0 spiro atoms. The molecule has 1 fully saturated rings. The average Bonchev–Trinajstić information content (AvgIpc) is 3.24. The van der Waals surface area contributed by atoms with Crippen molar-refractivity contribution in [2.45, 2.75) is 51.7 Å². The summed E-state index contributed by atoms with van der Waals surface area (Å²) in [7, 11) is 0. The van der Waals surface area contributed by atoms with Gasteiger partial charge in [-0.3, -0.25) is 10.0 Å². The number of benzene rings is 1. The third-order valence-electron chi connectivity index (χ3n) is 6.54. The Balaban J connectivity index is 1.40. The van der Waals surface area contributed by atoms with Gasteiger partial charge in [-0.25, -0.2) is 10.5 Å². The van der Waals surface area contributed by atoms with Crippen LogP contribution in [0.4, 0.5) is 5.69 Å². The number of carbonyl (C=O) groups is 1. The van der Waals surface area contributed by atoms with E-state index in [1.807, 2.05) is 32.2 Å². The van der Waals surface area contributed by atoms with E-state index >= 15 is 0 Å². The Morgan fingerprint density at radius 1 is 1.03 bits per heavy atom. The van der Waals surface area contributed by atoms with Gasteiger partial charge in [0, 0.05) is 43.3 Å². The van der Waals surface area contributed by atoms with Gasteiger partial charge in [0.2, 0.25) is 0 Å². The first-order chi connectivity index (χ1) is 16.8. The molecule has 0 bridgehead atoms. The van der Waals surface area contributed by atoms with Crippen LogP contribution in [0.3, 0.4) is 0 Å². The van der Waals surface area contributed by atoms with E-state index in [2.05, 4.69) is 32.7 Å². The SMILES string of the molecule is CC(C)(O)CN1CCCCN(c2cnc3c(ccn3Cc3ccc(C(=O)NO)cc3)c2)CCCC1. The van der Waals surface area contributed by atoms with Gasteiger partial charge in [0.15, 0.2) is 0 Å². The molecule has 2 aromatic heterocycles. The molecule has 4 rings (SSSR count). The Bertz CT molecular complexity index is 1110. The molecule has 3 N–H and O–H groups in total. The van der Waals surface area contributed by atoms with Crippen molar-refractivity contribution in [1.29, 1.82) is 0 Å². The maximum absolute atomic E-state index is 11.5. The van der Waals surface area contributed by atoms with Crippen LogP contribution in [0.25, 0.3) is 11.0 Å². The van der Waals surface area contributed by atoms with Gasteiger partial charge in [0.25, 0.3) is 5.91 Å². The summed E-state index contributed by atoms with van der Waals surface area (Å²) in [4.78, 5) is 21.2. The molecule has 0 unspecified atom stereocenters. The number of carbonyl (C=O) groups excluding carboxylic acids is 1. The number of hydrogen-bond donors (Lipinski definition) is 3. The lowest BCUT2D eigenvalue weighted by Gasteiger charge is -2.31. The fourth-order valence-electron chi connectivity index (χ4n) is 4.85. The van der Waals surface area contributed by atoms with E-state index in [1.165, 1.54) is 5.69 Å². The number of pyridine rings is 1. The van der Waals surface area contributed by atoms with Crippen molar-refractivity contribution in [2.75, 3.05) is 37.6 Å². The summed E-state index contributed by atoms with van der Waals surface area (Å²) >= 11 is 0. The van der Waals surface area contributed by atoms with E-state index in [9.17, 15) is 9.90 Å². The molecule has 188 valence electrons. The molecule has 8 heteroatoms. The first-order valence-electron chi connectivity index (χ1n) is 12.5. The molecular formula is C27H37N5O3. The Morgan fingerprint density at radius 3 is 2.31 bits per heavy atom. The summed E-state index contributed by atoms with van der Waals surface area (Å²) in [6.45, 7) is 9.25. The second kappa shape index (κ2) is 11.2. The average molecular weight is 480 g/mol. The number of hydrogen-bond acceptors (Lipinski definition) is 6. The van der Waals surface area contributed by atoms with Gasteiger partial charge >= 0.3 is 0 Å². The molecule has 3 aromatic rings. The van der Waals surface area contributed by atoms with Crippen molar-refractivity contribution in [3.8, 4) is 0 Å². The molecule has 8 nitrogen and oxygen atoms in total. The first-order valence-corrected chi connectivity index (χ1v) is 12.5. The summed E-state index contributed by atoms with van der Waals surface area (Å²) < 4.78 is 2.11. The third-order valence-corrected chi connectivity index (χ3v) is 6.54. The molecule has 0 atom stereocenters. The van der Waals surface area contributed by atoms with Crippen molar-refractivity contribution in [3.05, 3.63) is 59.9 Å². The largest absolute Gasteiger partial charge is 0.389 e. The summed E-state index contributed by atoms with van der Waals surface area (Å²) in [6, 6.07) is 11.5. The van der Waals surface area contributed by atoms with Gasteiger partial charge in [-0.1, -0.05) is 12.1 Å². The number of anilines is 1. The predicted molar refractivity (Wildman–Crippen MR) is 138 cm³/mol. The van der Waals surface area contributed by atoms with Gasteiger partial charge in [-0.15, -0.1) is 0 Å². The molecule has 0 saturated carbocycles. The van der Waals surface area contributed by atoms with Crippen molar-refractivity contribution >= 4 is 22.6 Å². The fourth-order valence-corrected chi connectivity index (χ4v) is 4.85. The highest BCUT2D eigenvalue weighted by Crippen LogP contribution is 2.23. The predicted octanol–water partition coefficient (Wildman–Crippen LogP) is 3.66. The zero-order valence-electron chi connectivity index (χ0n) is 20.8. The van der Waals surface area contributed by atoms with Crippen LogP contribution in [0, 0.1) is 0 Å². The highest BCUT2D eigenvalue weighted by atomic mass is 16.5. The van der Waals surface area contributed by atoms with Crippen molar-refractivity contribution in [1.82, 2.24) is 19.9 Å². The number of amides is 1. The molecule has 1 saturated heterocycles. The van der Waals surface area contributed by atoms with E-state index in [0.29, 0.717) is 12.1 Å². The van der Waals surface area contributed by atoms with Crippen LogP contribution in [0.1, 0.15) is 55.5 Å². The van der Waals surface area contributed by atoms with Crippen LogP contribution >= 0.6 is 0 Å². The normalized spacial score (nSPS) is 16.4. The summed E-state index contributed by atoms with van der Waals surface area (Å²) in [6.07, 6.45) is 8.52. The van der Waals surface area contributed by atoms with Crippen LogP contribution < -0.4 is 10.4 Å². The molecule has 0 aliphatic carbocycles. The molecule has 0 radical (unpaired) electrons. The number of hydroxylamine groups is 1. The third kappa shape index (κ3) is 6.81. The van der Waals surface area contributed by atoms with E-state index < -0.39 is 11.5 Å². The van der Waals surface area contributed by atoms with E-state index in [4.69, 9.17) is 10.2 Å². The zero-order chi connectivity index (χ0) is 24.8. The molecule has 1 aromatic carbocycles. The number of rotatable bonds is 6. The van der Waals surface area contributed by atoms with Crippen molar-refractivity contribution in [3.63, 3.8) is 0 Å². The molecule has 1 amide bonds. The highest BCUT2D eigenvalue weighted by Gasteiger charge is 2.19. The minimum absolute atomic E-state index is 0.418. The number of nitrogens with zero attached hydrogens (tertiary/aromatic N) is 4. The van der Waals surface area contributed by atoms with Crippen LogP contribution in [-0.4, -0.2) is 69.0 Å². The van der Waals surface area contributed by atoms with Crippen LogP contribution in [0.5, 0.6) is 0 Å². The summed E-state index contributed by atoms with van der Waals surface area (Å²) in [5.41, 5.74) is 4.59. The lowest BCUT2D eigenvalue weighted by Crippen LogP contribution is -2.40. The number of nitrogens with one attached hydrogen (secondary N) is 1. The molecule has 1 aliphatic rings. The van der Waals surface area contributed by atoms with Gasteiger partial charge in [-0.05, 0) is 82.4 Å². The standard InChI is InChI=1S/C27H37N5O3/c1-27(2,34)20-30-12-3-5-14-31(15-6-4-13-30)24-17-23-11-16-32(25(23)28-18-24)19-21-7-9-22(10-8-21)26(33)29-35/h7-11,16-18,34-35H,3-6,12-15,19-20H2,1-2H3,(H,29,33). The Morgan fingerprint density at radius 2 is 1.69 bits per heavy atom. The molecule has 1 aliphatic heterocycles. The number of aliphatic hydroxyl groups is 1. The maximum Gasteiger partial charge on any atom is 0.274 e. The van der Waals surface area contributed by atoms with Crippen molar-refractivity contribution < 1.29 is 15.1 Å². The zero-order valence-corrected chi connectivity index (χ0v) is 20.8. The van der Waals surface area contributed by atoms with E-state index in [0.717, 1.165) is 75.0 Å². The topological polar surface area (TPSA) is 93.9 Å². The Hall–Kier alpha value is -2.94. The Kier molecular flexibility index (Phi) is 8.05. The fraction of sp³-hybridized carbons (Fsp3) is 0.481. The van der Waals surface area contributed by atoms with E-state index in [-0.39, 0.29) is 0 Å². The lowest BCUT2D eigenvalue weighted by molar-refractivity contribution is 0.0349. The smallest absolute Gasteiger partial charge is 0.274 e. The second-order valence-corrected chi connectivity index (χ2v) is 10.2. The van der Waals surface area contributed by atoms with E-state index in [1.54, 1.807) is 17.6 Å². The Labute approximate surface area is 207 Å². The van der Waals surface area contributed by atoms with Crippen molar-refractivity contribution in [2.24, 2.45) is 0 Å². The van der Waals surface area contributed by atoms with Crippen LogP contribution in [-0.2, 0) is 6.54 Å². The quantitative estimate of drug-likeness (QED) is 0.369. The minimum Gasteiger partial charge on any atom is -0.389 e. The number of β-amino-alcohol motifs (C(OH)–C–C–N with tert-alkyl or cyclic N) is 1. The van der Waals surface area contributed by atoms with Crippen LogP contribution in [0.2, 0.25) is 0 Å². The minimum atomic E-state index is -0.645. The lowest BCUT2D eigenvalue weighted by atomic mass is 10.1. The number of aromatic nitrogens is 2. The van der Waals surface area contributed by atoms with Gasteiger partial charge in [0.05, 0.1) is 17.5 Å². The van der Waals surface area contributed by atoms with Crippen LogP contribution in [0.15, 0.2) is 48.8 Å². The summed E-state index contributed by atoms with van der Waals surface area (Å²) in [5.74, 6) is -0.515. The molecular weight excluding hydrogens is 442 g/mol.